The Labute approximate surface area is 130 Å². The van der Waals surface area contributed by atoms with Crippen molar-refractivity contribution in [2.45, 2.75) is 58.7 Å². The van der Waals surface area contributed by atoms with Gasteiger partial charge in [0.05, 0.1) is 6.10 Å². The van der Waals surface area contributed by atoms with Crippen LogP contribution >= 0.6 is 11.3 Å². The highest BCUT2D eigenvalue weighted by atomic mass is 32.1. The Balaban J connectivity index is 1.85. The predicted molar refractivity (Wildman–Crippen MR) is 84.3 cm³/mol. The van der Waals surface area contributed by atoms with Crippen LogP contribution in [-0.4, -0.2) is 29.6 Å². The lowest BCUT2D eigenvalue weighted by Gasteiger charge is -2.51. The minimum atomic E-state index is -0.115. The minimum Gasteiger partial charge on any atom is -0.378 e. The molecule has 0 aromatic carbocycles. The number of nitrogens with zero attached hydrogens (tertiary/aromatic N) is 1. The number of nitrogens with one attached hydrogen (secondary N) is 1. The third kappa shape index (κ3) is 3.62. The van der Waals surface area contributed by atoms with Gasteiger partial charge in [0.25, 0.3) is 5.91 Å². The molecule has 2 atom stereocenters. The summed E-state index contributed by atoms with van der Waals surface area (Å²) in [6, 6.07) is 0.139. The first-order chi connectivity index (χ1) is 9.98. The van der Waals surface area contributed by atoms with Crippen molar-refractivity contribution < 1.29 is 9.53 Å². The van der Waals surface area contributed by atoms with Gasteiger partial charge in [-0.2, -0.15) is 0 Å². The van der Waals surface area contributed by atoms with Crippen molar-refractivity contribution >= 4 is 17.2 Å². The zero-order valence-corrected chi connectivity index (χ0v) is 13.8. The summed E-state index contributed by atoms with van der Waals surface area (Å²) < 4.78 is 5.89. The number of hydrogen-bond acceptors (Lipinski definition) is 5. The maximum atomic E-state index is 12.2. The predicted octanol–water partition coefficient (Wildman–Crippen LogP) is 2.32. The maximum absolute atomic E-state index is 12.2. The van der Waals surface area contributed by atoms with Crippen LogP contribution in [0.2, 0.25) is 0 Å². The van der Waals surface area contributed by atoms with E-state index >= 15 is 0 Å². The SMILES string of the molecule is CCCCOC1CC(NC(=O)c2csc(CN)n2)C1(C)C. The highest BCUT2D eigenvalue weighted by molar-refractivity contribution is 7.09. The fourth-order valence-electron chi connectivity index (χ4n) is 2.52. The molecule has 0 radical (unpaired) electrons. The van der Waals surface area contributed by atoms with Gasteiger partial charge < -0.3 is 15.8 Å². The van der Waals surface area contributed by atoms with E-state index in [9.17, 15) is 4.79 Å². The fourth-order valence-corrected chi connectivity index (χ4v) is 3.18. The Morgan fingerprint density at radius 3 is 2.95 bits per heavy atom. The van der Waals surface area contributed by atoms with E-state index in [2.05, 4.69) is 31.1 Å². The van der Waals surface area contributed by atoms with Gasteiger partial charge >= 0.3 is 0 Å². The molecule has 5 nitrogen and oxygen atoms in total. The number of thiazole rings is 1. The van der Waals surface area contributed by atoms with Crippen LogP contribution in [0.5, 0.6) is 0 Å². The third-order valence-electron chi connectivity index (χ3n) is 4.26. The molecule has 0 bridgehead atoms. The van der Waals surface area contributed by atoms with Crippen LogP contribution in [0.15, 0.2) is 5.38 Å². The van der Waals surface area contributed by atoms with E-state index in [1.807, 2.05) is 0 Å². The molecule has 1 heterocycles. The van der Waals surface area contributed by atoms with Crippen LogP contribution in [0, 0.1) is 5.41 Å². The van der Waals surface area contributed by atoms with Crippen LogP contribution in [0.4, 0.5) is 0 Å². The average Bonchev–Trinajstić information content (AvgIpc) is 2.94. The van der Waals surface area contributed by atoms with E-state index in [1.165, 1.54) is 11.3 Å². The molecule has 1 fully saturated rings. The lowest BCUT2D eigenvalue weighted by atomic mass is 9.64. The number of amides is 1. The first kappa shape index (κ1) is 16.4. The van der Waals surface area contributed by atoms with Crippen molar-refractivity contribution in [3.63, 3.8) is 0 Å². The maximum Gasteiger partial charge on any atom is 0.270 e. The van der Waals surface area contributed by atoms with Gasteiger partial charge in [-0.15, -0.1) is 11.3 Å². The van der Waals surface area contributed by atoms with Gasteiger partial charge in [0.2, 0.25) is 0 Å². The van der Waals surface area contributed by atoms with Crippen molar-refractivity contribution in [3.05, 3.63) is 16.1 Å². The molecule has 1 aliphatic rings. The van der Waals surface area contributed by atoms with Crippen LogP contribution in [0.25, 0.3) is 0 Å². The molecule has 21 heavy (non-hydrogen) atoms. The van der Waals surface area contributed by atoms with E-state index < -0.39 is 0 Å². The summed E-state index contributed by atoms with van der Waals surface area (Å²) in [5.41, 5.74) is 5.95. The Hall–Kier alpha value is -0.980. The Kier molecular flexibility index (Phi) is 5.35. The summed E-state index contributed by atoms with van der Waals surface area (Å²) >= 11 is 1.42. The van der Waals surface area contributed by atoms with Crippen LogP contribution < -0.4 is 11.1 Å². The number of hydrogen-bond donors (Lipinski definition) is 2. The molecule has 0 spiro atoms. The van der Waals surface area contributed by atoms with E-state index in [-0.39, 0.29) is 23.5 Å². The highest BCUT2D eigenvalue weighted by Gasteiger charge is 2.49. The molecule has 1 aromatic rings. The van der Waals surface area contributed by atoms with Gasteiger partial charge in [-0.25, -0.2) is 4.98 Å². The molecule has 3 N–H and O–H groups in total. The summed E-state index contributed by atoms with van der Waals surface area (Å²) in [6.07, 6.45) is 3.32. The van der Waals surface area contributed by atoms with E-state index in [0.29, 0.717) is 12.2 Å². The van der Waals surface area contributed by atoms with Gasteiger partial charge in [0.1, 0.15) is 10.7 Å². The molecular formula is C15H25N3O2S. The number of rotatable bonds is 7. The van der Waals surface area contributed by atoms with Gasteiger partial charge in [0.15, 0.2) is 0 Å². The third-order valence-corrected chi connectivity index (χ3v) is 5.13. The zero-order chi connectivity index (χ0) is 15.5. The fraction of sp³-hybridized carbons (Fsp3) is 0.733. The summed E-state index contributed by atoms with van der Waals surface area (Å²) in [7, 11) is 0. The van der Waals surface area contributed by atoms with Crippen LogP contribution in [0.3, 0.4) is 0 Å². The first-order valence-electron chi connectivity index (χ1n) is 7.56. The van der Waals surface area contributed by atoms with E-state index in [0.717, 1.165) is 30.9 Å². The summed E-state index contributed by atoms with van der Waals surface area (Å²) in [5.74, 6) is -0.115. The van der Waals surface area contributed by atoms with Crippen molar-refractivity contribution in [2.75, 3.05) is 6.61 Å². The summed E-state index contributed by atoms with van der Waals surface area (Å²) in [4.78, 5) is 16.4. The molecule has 1 saturated carbocycles. The number of aromatic nitrogens is 1. The Bertz CT molecular complexity index is 487. The van der Waals surface area contributed by atoms with Crippen molar-refractivity contribution in [2.24, 2.45) is 11.1 Å². The molecule has 6 heteroatoms. The van der Waals surface area contributed by atoms with Gasteiger partial charge in [-0.1, -0.05) is 27.2 Å². The first-order valence-corrected chi connectivity index (χ1v) is 8.44. The topological polar surface area (TPSA) is 77.2 Å². The second-order valence-corrected chi connectivity index (χ2v) is 7.07. The monoisotopic (exact) mass is 311 g/mol. The van der Waals surface area contributed by atoms with Gasteiger partial charge in [-0.3, -0.25) is 4.79 Å². The standard InChI is InChI=1S/C15H25N3O2S/c1-4-5-6-20-12-7-11(15(12,2)3)18-14(19)10-9-21-13(8-16)17-10/h9,11-12H,4-8,16H2,1-3H3,(H,18,19). The molecule has 118 valence electrons. The molecule has 1 aromatic heterocycles. The summed E-state index contributed by atoms with van der Waals surface area (Å²) in [5, 5.41) is 5.61. The second kappa shape index (κ2) is 6.85. The zero-order valence-electron chi connectivity index (χ0n) is 13.0. The lowest BCUT2D eigenvalue weighted by Crippen LogP contribution is -2.62. The highest BCUT2D eigenvalue weighted by Crippen LogP contribution is 2.42. The molecule has 0 saturated heterocycles. The molecule has 0 aliphatic heterocycles. The van der Waals surface area contributed by atoms with Gasteiger partial charge in [-0.05, 0) is 12.8 Å². The number of carbonyl (C=O) groups is 1. The molecule has 2 rings (SSSR count). The number of carbonyl (C=O) groups excluding carboxylic acids is 1. The van der Waals surface area contributed by atoms with E-state index in [1.54, 1.807) is 5.38 Å². The van der Waals surface area contributed by atoms with Crippen molar-refractivity contribution in [1.29, 1.82) is 0 Å². The number of unbranched alkanes of at least 4 members (excludes halogenated alkanes) is 1. The smallest absolute Gasteiger partial charge is 0.270 e. The quantitative estimate of drug-likeness (QED) is 0.758. The molecule has 2 unspecified atom stereocenters. The average molecular weight is 311 g/mol. The molecular weight excluding hydrogens is 286 g/mol. The second-order valence-electron chi connectivity index (χ2n) is 6.13. The van der Waals surface area contributed by atoms with Crippen molar-refractivity contribution in [3.8, 4) is 0 Å². The largest absolute Gasteiger partial charge is 0.378 e. The lowest BCUT2D eigenvalue weighted by molar-refractivity contribution is -0.115. The van der Waals surface area contributed by atoms with Crippen molar-refractivity contribution in [1.82, 2.24) is 10.3 Å². The molecule has 1 aliphatic carbocycles. The number of nitrogens with two attached hydrogens (primary N) is 1. The minimum absolute atomic E-state index is 0.0316. The number of ether oxygens (including phenoxy) is 1. The summed E-state index contributed by atoms with van der Waals surface area (Å²) in [6.45, 7) is 7.62. The Morgan fingerprint density at radius 1 is 1.62 bits per heavy atom. The van der Waals surface area contributed by atoms with Crippen LogP contribution in [0.1, 0.15) is 55.5 Å². The molecule has 1 amide bonds. The van der Waals surface area contributed by atoms with Crippen LogP contribution in [-0.2, 0) is 11.3 Å². The van der Waals surface area contributed by atoms with Gasteiger partial charge in [0, 0.05) is 30.0 Å². The van der Waals surface area contributed by atoms with E-state index in [4.69, 9.17) is 10.5 Å². The normalized spacial score (nSPS) is 23.6. The Morgan fingerprint density at radius 2 is 2.38 bits per heavy atom.